The van der Waals surface area contributed by atoms with Crippen LogP contribution < -0.4 is 10.6 Å². The Balaban J connectivity index is 0.00000280. The molecule has 1 atom stereocenters. The first-order valence-corrected chi connectivity index (χ1v) is 10.0. The minimum Gasteiger partial charge on any atom is -0.357 e. The summed E-state index contributed by atoms with van der Waals surface area (Å²) in [6.07, 6.45) is 5.64. The topological polar surface area (TPSA) is 52.6 Å². The van der Waals surface area contributed by atoms with Gasteiger partial charge in [-0.05, 0) is 44.0 Å². The number of nitrogens with one attached hydrogen (secondary N) is 2. The van der Waals surface area contributed by atoms with Crippen molar-refractivity contribution in [2.75, 3.05) is 19.6 Å². The van der Waals surface area contributed by atoms with Crippen LogP contribution in [0.25, 0.3) is 0 Å². The maximum Gasteiger partial charge on any atom is 0.191 e. The van der Waals surface area contributed by atoms with Crippen LogP contribution in [0.15, 0.2) is 59.7 Å². The third-order valence-electron chi connectivity index (χ3n) is 4.95. The summed E-state index contributed by atoms with van der Waals surface area (Å²) in [7, 11) is 0. The Kier molecular flexibility index (Phi) is 10.3. The molecule has 0 aliphatic carbocycles. The van der Waals surface area contributed by atoms with Crippen molar-refractivity contribution >= 4 is 29.9 Å². The molecule has 2 N–H and O–H groups in total. The second-order valence-corrected chi connectivity index (χ2v) is 7.00. The van der Waals surface area contributed by atoms with Crippen LogP contribution in [0.5, 0.6) is 0 Å². The average Bonchev–Trinajstić information content (AvgIpc) is 2.72. The molecule has 5 nitrogen and oxygen atoms in total. The fraction of sp³-hybridized carbons (Fsp3) is 0.455. The summed E-state index contributed by atoms with van der Waals surface area (Å²) < 4.78 is 0. The quantitative estimate of drug-likeness (QED) is 0.350. The number of halogens is 1. The van der Waals surface area contributed by atoms with E-state index in [0.717, 1.165) is 31.3 Å². The molecule has 1 saturated heterocycles. The molecule has 1 aliphatic rings. The van der Waals surface area contributed by atoms with Gasteiger partial charge in [-0.3, -0.25) is 9.88 Å². The van der Waals surface area contributed by atoms with E-state index >= 15 is 0 Å². The Labute approximate surface area is 186 Å². The lowest BCUT2D eigenvalue weighted by Gasteiger charge is -2.36. The van der Waals surface area contributed by atoms with E-state index in [9.17, 15) is 0 Å². The van der Waals surface area contributed by atoms with E-state index in [1.807, 2.05) is 24.4 Å². The second-order valence-electron chi connectivity index (χ2n) is 7.00. The number of aromatic nitrogens is 1. The predicted molar refractivity (Wildman–Crippen MR) is 127 cm³/mol. The van der Waals surface area contributed by atoms with Crippen LogP contribution in [-0.4, -0.2) is 41.5 Å². The Hall–Kier alpha value is -1.67. The number of benzene rings is 1. The molecule has 1 fully saturated rings. The zero-order valence-corrected chi connectivity index (χ0v) is 19.0. The van der Waals surface area contributed by atoms with E-state index in [1.165, 1.54) is 31.4 Å². The first-order valence-electron chi connectivity index (χ1n) is 10.0. The van der Waals surface area contributed by atoms with Crippen molar-refractivity contribution in [1.29, 1.82) is 0 Å². The standard InChI is InChI=1S/C22H31N5.HI/c1-2-23-22(25-16-20-12-6-8-14-24-20)26-17-21-13-7-9-15-27(21)18-19-10-4-3-5-11-19;/h3-6,8,10-12,14,21H,2,7,9,13,15-18H2,1H3,(H2,23,25,26);1H. The van der Waals surface area contributed by atoms with Gasteiger partial charge < -0.3 is 10.6 Å². The number of aliphatic imine (C=N–C) groups is 1. The lowest BCUT2D eigenvalue weighted by molar-refractivity contribution is 0.141. The highest BCUT2D eigenvalue weighted by Crippen LogP contribution is 2.19. The minimum absolute atomic E-state index is 0. The van der Waals surface area contributed by atoms with Crippen LogP contribution in [0.3, 0.4) is 0 Å². The van der Waals surface area contributed by atoms with Crippen molar-refractivity contribution in [1.82, 2.24) is 20.5 Å². The van der Waals surface area contributed by atoms with Crippen molar-refractivity contribution in [3.8, 4) is 0 Å². The molecule has 2 aromatic rings. The van der Waals surface area contributed by atoms with Gasteiger partial charge in [-0.25, -0.2) is 4.99 Å². The normalized spacial score (nSPS) is 17.6. The van der Waals surface area contributed by atoms with Crippen LogP contribution in [0.1, 0.15) is 37.4 Å². The summed E-state index contributed by atoms with van der Waals surface area (Å²) in [4.78, 5) is 11.6. The number of guanidine groups is 1. The molecular weight excluding hydrogens is 461 g/mol. The van der Waals surface area contributed by atoms with E-state index < -0.39 is 0 Å². The van der Waals surface area contributed by atoms with Gasteiger partial charge in [0, 0.05) is 31.9 Å². The van der Waals surface area contributed by atoms with Gasteiger partial charge in [0.1, 0.15) is 0 Å². The van der Waals surface area contributed by atoms with Crippen LogP contribution >= 0.6 is 24.0 Å². The zero-order valence-electron chi connectivity index (χ0n) is 16.7. The highest BCUT2D eigenvalue weighted by molar-refractivity contribution is 14.0. The van der Waals surface area contributed by atoms with Gasteiger partial charge >= 0.3 is 0 Å². The monoisotopic (exact) mass is 493 g/mol. The third kappa shape index (κ3) is 7.39. The molecule has 0 radical (unpaired) electrons. The largest absolute Gasteiger partial charge is 0.357 e. The number of likely N-dealkylation sites (tertiary alicyclic amines) is 1. The van der Waals surface area contributed by atoms with Gasteiger partial charge in [0.15, 0.2) is 5.96 Å². The maximum absolute atomic E-state index is 4.69. The predicted octanol–water partition coefficient (Wildman–Crippen LogP) is 3.81. The SMILES string of the molecule is CCNC(=NCc1ccccn1)NCC1CCCCN1Cc1ccccc1.I. The molecule has 1 aromatic heterocycles. The van der Waals surface area contributed by atoms with Gasteiger partial charge in [0.25, 0.3) is 0 Å². The molecular formula is C22H32IN5. The molecule has 0 amide bonds. The number of hydrogen-bond donors (Lipinski definition) is 2. The van der Waals surface area contributed by atoms with E-state index in [-0.39, 0.29) is 24.0 Å². The first kappa shape index (κ1) is 22.6. The Morgan fingerprint density at radius 2 is 1.93 bits per heavy atom. The lowest BCUT2D eigenvalue weighted by Crippen LogP contribution is -2.48. The summed E-state index contributed by atoms with van der Waals surface area (Å²) in [6, 6.07) is 17.3. The van der Waals surface area contributed by atoms with E-state index in [1.54, 1.807) is 0 Å². The zero-order chi connectivity index (χ0) is 18.7. The summed E-state index contributed by atoms with van der Waals surface area (Å²) in [5.74, 6) is 0.869. The Morgan fingerprint density at radius 3 is 2.68 bits per heavy atom. The molecule has 28 heavy (non-hydrogen) atoms. The molecule has 152 valence electrons. The maximum atomic E-state index is 4.69. The highest BCUT2D eigenvalue weighted by atomic mass is 127. The fourth-order valence-corrected chi connectivity index (χ4v) is 3.53. The molecule has 0 bridgehead atoms. The van der Waals surface area contributed by atoms with Crippen molar-refractivity contribution in [2.24, 2.45) is 4.99 Å². The molecule has 3 rings (SSSR count). The van der Waals surface area contributed by atoms with E-state index in [4.69, 9.17) is 4.99 Å². The third-order valence-corrected chi connectivity index (χ3v) is 4.95. The highest BCUT2D eigenvalue weighted by Gasteiger charge is 2.22. The lowest BCUT2D eigenvalue weighted by atomic mass is 10.0. The van der Waals surface area contributed by atoms with E-state index in [2.05, 4.69) is 57.8 Å². The van der Waals surface area contributed by atoms with Gasteiger partial charge in [0.2, 0.25) is 0 Å². The minimum atomic E-state index is 0. The molecule has 0 saturated carbocycles. The molecule has 6 heteroatoms. The molecule has 0 spiro atoms. The van der Waals surface area contributed by atoms with Crippen LogP contribution in [0.2, 0.25) is 0 Å². The number of nitrogens with zero attached hydrogens (tertiary/aromatic N) is 3. The van der Waals surface area contributed by atoms with Gasteiger partial charge in [0.05, 0.1) is 12.2 Å². The number of piperidine rings is 1. The number of pyridine rings is 1. The fourth-order valence-electron chi connectivity index (χ4n) is 3.53. The molecule has 1 aliphatic heterocycles. The Morgan fingerprint density at radius 1 is 1.11 bits per heavy atom. The van der Waals surface area contributed by atoms with Crippen molar-refractivity contribution in [3.05, 3.63) is 66.0 Å². The second kappa shape index (κ2) is 12.7. The average molecular weight is 493 g/mol. The van der Waals surface area contributed by atoms with Crippen LogP contribution in [0.4, 0.5) is 0 Å². The summed E-state index contributed by atoms with van der Waals surface area (Å²) in [5, 5.41) is 6.90. The van der Waals surface area contributed by atoms with Gasteiger partial charge in [-0.2, -0.15) is 0 Å². The summed E-state index contributed by atoms with van der Waals surface area (Å²) >= 11 is 0. The molecule has 1 aromatic carbocycles. The van der Waals surface area contributed by atoms with E-state index in [0.29, 0.717) is 12.6 Å². The summed E-state index contributed by atoms with van der Waals surface area (Å²) in [6.45, 7) is 6.65. The van der Waals surface area contributed by atoms with Gasteiger partial charge in [-0.15, -0.1) is 24.0 Å². The van der Waals surface area contributed by atoms with Crippen molar-refractivity contribution in [3.63, 3.8) is 0 Å². The smallest absolute Gasteiger partial charge is 0.191 e. The van der Waals surface area contributed by atoms with Crippen LogP contribution in [0, 0.1) is 0 Å². The Bertz CT molecular complexity index is 693. The van der Waals surface area contributed by atoms with Crippen molar-refractivity contribution in [2.45, 2.75) is 45.3 Å². The summed E-state index contributed by atoms with van der Waals surface area (Å²) in [5.41, 5.74) is 2.37. The first-order chi connectivity index (χ1) is 13.3. The number of rotatable bonds is 7. The van der Waals surface area contributed by atoms with Gasteiger partial charge in [-0.1, -0.05) is 42.8 Å². The number of hydrogen-bond acceptors (Lipinski definition) is 3. The van der Waals surface area contributed by atoms with Crippen molar-refractivity contribution < 1.29 is 0 Å². The van der Waals surface area contributed by atoms with Crippen LogP contribution in [-0.2, 0) is 13.1 Å². The molecule has 2 heterocycles. The molecule has 1 unspecified atom stereocenters.